The van der Waals surface area contributed by atoms with Gasteiger partial charge in [-0.2, -0.15) is 11.8 Å². The third-order valence-electron chi connectivity index (χ3n) is 7.90. The molecule has 0 radical (unpaired) electrons. The Labute approximate surface area is 240 Å². The lowest BCUT2D eigenvalue weighted by Gasteiger charge is -2.12. The van der Waals surface area contributed by atoms with E-state index in [2.05, 4.69) is 32.5 Å². The Balaban J connectivity index is 3.13. The smallest absolute Gasteiger partial charge is 0.0637 e. The van der Waals surface area contributed by atoms with Gasteiger partial charge in [0.25, 0.3) is 0 Å². The van der Waals surface area contributed by atoms with Crippen molar-refractivity contribution in [3.05, 3.63) is 0 Å². The molecule has 0 heterocycles. The maximum absolute atomic E-state index is 6.05. The first kappa shape index (κ1) is 37.3. The summed E-state index contributed by atoms with van der Waals surface area (Å²) in [5, 5.41) is 0. The molecule has 1 atom stereocenters. The Kier molecular flexibility index (Phi) is 34.6. The first-order chi connectivity index (χ1) is 18.3. The second-order valence-corrected chi connectivity index (χ2v) is 13.1. The fourth-order valence-corrected chi connectivity index (χ4v) is 6.28. The van der Waals surface area contributed by atoms with Crippen LogP contribution >= 0.6 is 11.8 Å². The molecule has 0 rings (SSSR count). The summed E-state index contributed by atoms with van der Waals surface area (Å²) < 4.78 is 6.05. The number of hydrogen-bond donors (Lipinski definition) is 0. The van der Waals surface area contributed by atoms with E-state index < -0.39 is 0 Å². The lowest BCUT2D eigenvalue weighted by Crippen LogP contribution is -2.12. The normalized spacial score (nSPS) is 12.4. The van der Waals surface area contributed by atoms with Crippen molar-refractivity contribution in [1.82, 2.24) is 0 Å². The van der Waals surface area contributed by atoms with Gasteiger partial charge in [0.05, 0.1) is 6.10 Å². The highest BCUT2D eigenvalue weighted by atomic mass is 32.2. The van der Waals surface area contributed by atoms with Crippen LogP contribution in [0.2, 0.25) is 0 Å². The molecule has 1 unspecified atom stereocenters. The highest BCUT2D eigenvalue weighted by Gasteiger charge is 2.02. The molecule has 0 aromatic rings. The quantitative estimate of drug-likeness (QED) is 0.0765. The maximum Gasteiger partial charge on any atom is 0.0637 e. The van der Waals surface area contributed by atoms with E-state index in [0.717, 1.165) is 6.61 Å². The van der Waals surface area contributed by atoms with Gasteiger partial charge in [-0.1, -0.05) is 181 Å². The number of thioether (sulfide) groups is 1. The molecule has 37 heavy (non-hydrogen) atoms. The minimum Gasteiger partial charge on any atom is -0.378 e. The van der Waals surface area contributed by atoms with Crippen LogP contribution in [0.25, 0.3) is 0 Å². The van der Waals surface area contributed by atoms with Crippen molar-refractivity contribution in [3.63, 3.8) is 0 Å². The van der Waals surface area contributed by atoms with Gasteiger partial charge in [-0.05, 0) is 25.5 Å². The molecule has 0 bridgehead atoms. The van der Waals surface area contributed by atoms with Gasteiger partial charge in [0, 0.05) is 12.4 Å². The van der Waals surface area contributed by atoms with Crippen molar-refractivity contribution >= 4 is 11.8 Å². The molecule has 0 aromatic heterocycles. The zero-order chi connectivity index (χ0) is 26.9. The fourth-order valence-electron chi connectivity index (χ4n) is 5.28. The molecule has 224 valence electrons. The summed E-state index contributed by atoms with van der Waals surface area (Å²) in [7, 11) is 0. The molecule has 0 N–H and O–H groups in total. The van der Waals surface area contributed by atoms with Gasteiger partial charge >= 0.3 is 0 Å². The first-order valence-electron chi connectivity index (χ1n) is 17.5. The molecule has 0 aromatic carbocycles. The Hall–Kier alpha value is 0.310. The third-order valence-corrected chi connectivity index (χ3v) is 9.18. The van der Waals surface area contributed by atoms with Gasteiger partial charge in [-0.3, -0.25) is 0 Å². The summed E-state index contributed by atoms with van der Waals surface area (Å²) in [5.41, 5.74) is 0. The summed E-state index contributed by atoms with van der Waals surface area (Å²) in [5.74, 6) is 2.50. The van der Waals surface area contributed by atoms with Crippen LogP contribution in [0.4, 0.5) is 0 Å². The van der Waals surface area contributed by atoms with Crippen molar-refractivity contribution in [2.24, 2.45) is 0 Å². The summed E-state index contributed by atoms with van der Waals surface area (Å²) >= 11 is 2.11. The molecular weight excluding hydrogens is 468 g/mol. The van der Waals surface area contributed by atoms with Crippen LogP contribution in [0, 0.1) is 0 Å². The van der Waals surface area contributed by atoms with Crippen LogP contribution in [-0.4, -0.2) is 24.2 Å². The topological polar surface area (TPSA) is 9.23 Å². The van der Waals surface area contributed by atoms with E-state index in [0.29, 0.717) is 6.10 Å². The highest BCUT2D eigenvalue weighted by Crippen LogP contribution is 2.16. The maximum atomic E-state index is 6.05. The molecule has 0 amide bonds. The Bertz CT molecular complexity index is 385. The summed E-state index contributed by atoms with van der Waals surface area (Å²) in [6, 6.07) is 0. The molecule has 0 spiro atoms. The van der Waals surface area contributed by atoms with E-state index in [9.17, 15) is 0 Å². The molecule has 1 nitrogen and oxygen atoms in total. The van der Waals surface area contributed by atoms with Gasteiger partial charge in [-0.25, -0.2) is 0 Å². The van der Waals surface area contributed by atoms with Crippen LogP contribution in [0.1, 0.15) is 201 Å². The second kappa shape index (κ2) is 34.3. The highest BCUT2D eigenvalue weighted by molar-refractivity contribution is 7.99. The van der Waals surface area contributed by atoms with E-state index >= 15 is 0 Å². The van der Waals surface area contributed by atoms with Crippen LogP contribution < -0.4 is 0 Å². The molecule has 0 saturated heterocycles. The number of unbranched alkanes of at least 4 members (excludes halogenated alkanes) is 26. The van der Waals surface area contributed by atoms with E-state index in [4.69, 9.17) is 4.74 Å². The Morgan fingerprint density at radius 2 is 0.703 bits per heavy atom. The predicted octanol–water partition coefficient (Wildman–Crippen LogP) is 13.1. The lowest BCUT2D eigenvalue weighted by atomic mass is 10.0. The van der Waals surface area contributed by atoms with Crippen molar-refractivity contribution in [2.45, 2.75) is 207 Å². The Morgan fingerprint density at radius 3 is 1.05 bits per heavy atom. The first-order valence-corrected chi connectivity index (χ1v) is 18.7. The third kappa shape index (κ3) is 34.3. The van der Waals surface area contributed by atoms with Gasteiger partial charge in [0.15, 0.2) is 0 Å². The van der Waals surface area contributed by atoms with Crippen molar-refractivity contribution in [2.75, 3.05) is 18.1 Å². The number of hydrogen-bond acceptors (Lipinski definition) is 2. The molecule has 0 aliphatic carbocycles. The lowest BCUT2D eigenvalue weighted by molar-refractivity contribution is 0.0787. The van der Waals surface area contributed by atoms with Gasteiger partial charge < -0.3 is 4.74 Å². The van der Waals surface area contributed by atoms with E-state index in [-0.39, 0.29) is 0 Å². The zero-order valence-corrected chi connectivity index (χ0v) is 27.1. The summed E-state index contributed by atoms with van der Waals surface area (Å²) in [6.45, 7) is 7.84. The summed E-state index contributed by atoms with van der Waals surface area (Å²) in [6.07, 6.45) is 40.7. The standard InChI is InChI=1S/C35H72OS/c1-4-6-8-10-12-14-16-18-20-22-24-26-28-30-32-36-35(3)34-37-33-31-29-27-25-23-21-19-17-15-13-11-9-7-5-2/h35H,4-34H2,1-3H3. The van der Waals surface area contributed by atoms with Crippen molar-refractivity contribution < 1.29 is 4.74 Å². The van der Waals surface area contributed by atoms with Gasteiger partial charge in [-0.15, -0.1) is 0 Å². The van der Waals surface area contributed by atoms with Crippen molar-refractivity contribution in [1.29, 1.82) is 0 Å². The SMILES string of the molecule is CCCCCCCCCCCCCCCCOC(C)CSCCCCCCCCCCCCCCCC. The van der Waals surface area contributed by atoms with E-state index in [1.807, 2.05) is 0 Å². The molecule has 0 aliphatic rings. The van der Waals surface area contributed by atoms with E-state index in [1.54, 1.807) is 0 Å². The summed E-state index contributed by atoms with van der Waals surface area (Å²) in [4.78, 5) is 0. The van der Waals surface area contributed by atoms with Crippen LogP contribution in [-0.2, 0) is 4.74 Å². The van der Waals surface area contributed by atoms with Crippen LogP contribution in [0.5, 0.6) is 0 Å². The number of ether oxygens (including phenoxy) is 1. The second-order valence-electron chi connectivity index (χ2n) is 11.9. The molecular formula is C35H72OS. The Morgan fingerprint density at radius 1 is 0.405 bits per heavy atom. The molecule has 2 heteroatoms. The predicted molar refractivity (Wildman–Crippen MR) is 173 cm³/mol. The van der Waals surface area contributed by atoms with Crippen LogP contribution in [0.3, 0.4) is 0 Å². The van der Waals surface area contributed by atoms with E-state index in [1.165, 1.54) is 191 Å². The largest absolute Gasteiger partial charge is 0.378 e. The van der Waals surface area contributed by atoms with Crippen LogP contribution in [0.15, 0.2) is 0 Å². The van der Waals surface area contributed by atoms with Crippen molar-refractivity contribution in [3.8, 4) is 0 Å². The zero-order valence-electron chi connectivity index (χ0n) is 26.3. The molecule has 0 fully saturated rings. The minimum absolute atomic E-state index is 0.429. The van der Waals surface area contributed by atoms with Gasteiger partial charge in [0.1, 0.15) is 0 Å². The average molecular weight is 541 g/mol. The van der Waals surface area contributed by atoms with Gasteiger partial charge in [0.2, 0.25) is 0 Å². The number of rotatable bonds is 33. The average Bonchev–Trinajstić information content (AvgIpc) is 2.90. The molecule has 0 saturated carbocycles. The molecule has 0 aliphatic heterocycles. The monoisotopic (exact) mass is 541 g/mol. The fraction of sp³-hybridized carbons (Fsp3) is 1.00. The minimum atomic E-state index is 0.429.